The number of aryl methyl sites for hydroxylation is 1. The Morgan fingerprint density at radius 1 is 1.57 bits per heavy atom. The van der Waals surface area contributed by atoms with E-state index in [-0.39, 0.29) is 0 Å². The first-order valence-electron chi connectivity index (χ1n) is 4.59. The molecule has 0 spiro atoms. The summed E-state index contributed by atoms with van der Waals surface area (Å²) in [6, 6.07) is 1.90. The molecule has 74 valence electrons. The van der Waals surface area contributed by atoms with Crippen molar-refractivity contribution in [1.82, 2.24) is 10.2 Å². The lowest BCUT2D eigenvalue weighted by atomic mass is 10.1. The Morgan fingerprint density at radius 2 is 2.43 bits per heavy atom. The summed E-state index contributed by atoms with van der Waals surface area (Å²) in [6.07, 6.45) is 4.17. The first kappa shape index (κ1) is 9.02. The number of hydrogen-bond donors (Lipinski definition) is 2. The van der Waals surface area contributed by atoms with Crippen LogP contribution in [0.25, 0.3) is 11.3 Å². The summed E-state index contributed by atoms with van der Waals surface area (Å²) in [5.41, 5.74) is 9.74. The van der Waals surface area contributed by atoms with Crippen molar-refractivity contribution in [1.29, 1.82) is 0 Å². The van der Waals surface area contributed by atoms with Gasteiger partial charge in [-0.2, -0.15) is 5.10 Å². The number of aromatic amines is 1. The van der Waals surface area contributed by atoms with E-state index >= 15 is 0 Å². The van der Waals surface area contributed by atoms with Gasteiger partial charge >= 0.3 is 0 Å². The lowest BCUT2D eigenvalue weighted by Crippen LogP contribution is -2.03. The number of aromatic nitrogens is 2. The summed E-state index contributed by atoms with van der Waals surface area (Å²) in [5, 5.41) is 7.20. The smallest absolute Gasteiger partial charge is 0.0997 e. The summed E-state index contributed by atoms with van der Waals surface area (Å²) in [6.45, 7) is 2.63. The molecule has 2 aromatic rings. The van der Waals surface area contributed by atoms with Crippen LogP contribution in [-0.2, 0) is 6.42 Å². The molecule has 14 heavy (non-hydrogen) atoms. The fourth-order valence-corrected chi connectivity index (χ4v) is 1.54. The maximum Gasteiger partial charge on any atom is 0.0997 e. The molecule has 0 atom stereocenters. The van der Waals surface area contributed by atoms with Gasteiger partial charge in [0.15, 0.2) is 0 Å². The van der Waals surface area contributed by atoms with Gasteiger partial charge in [-0.1, -0.05) is 0 Å². The molecular weight excluding hydrogens is 178 g/mol. The number of nitrogens with zero attached hydrogens (tertiary/aromatic N) is 1. The molecule has 0 radical (unpaired) electrons. The van der Waals surface area contributed by atoms with Gasteiger partial charge in [0, 0.05) is 16.8 Å². The topological polar surface area (TPSA) is 67.8 Å². The zero-order valence-electron chi connectivity index (χ0n) is 8.08. The van der Waals surface area contributed by atoms with Gasteiger partial charge in [0.1, 0.15) is 0 Å². The first-order chi connectivity index (χ1) is 6.83. The van der Waals surface area contributed by atoms with Crippen molar-refractivity contribution in [2.75, 3.05) is 6.54 Å². The molecule has 0 aliphatic heterocycles. The van der Waals surface area contributed by atoms with Crippen molar-refractivity contribution in [3.8, 4) is 11.3 Å². The molecule has 0 unspecified atom stereocenters. The van der Waals surface area contributed by atoms with E-state index in [1.54, 1.807) is 12.5 Å². The van der Waals surface area contributed by atoms with Gasteiger partial charge in [0.25, 0.3) is 0 Å². The van der Waals surface area contributed by atoms with Crippen LogP contribution >= 0.6 is 0 Å². The Labute approximate surface area is 82.1 Å². The lowest BCUT2D eigenvalue weighted by Gasteiger charge is -1.98. The predicted molar refractivity (Wildman–Crippen MR) is 53.8 cm³/mol. The fraction of sp³-hybridized carbons (Fsp3) is 0.300. The molecule has 2 heterocycles. The van der Waals surface area contributed by atoms with Crippen LogP contribution in [0.15, 0.2) is 23.0 Å². The molecule has 2 rings (SSSR count). The number of furan rings is 1. The van der Waals surface area contributed by atoms with Gasteiger partial charge in [-0.3, -0.25) is 5.10 Å². The molecule has 0 bridgehead atoms. The quantitative estimate of drug-likeness (QED) is 0.772. The van der Waals surface area contributed by atoms with Crippen LogP contribution in [0.4, 0.5) is 0 Å². The molecule has 0 amide bonds. The third kappa shape index (κ3) is 1.44. The second kappa shape index (κ2) is 3.67. The average molecular weight is 191 g/mol. The monoisotopic (exact) mass is 191 g/mol. The molecule has 4 nitrogen and oxygen atoms in total. The third-order valence-electron chi connectivity index (χ3n) is 2.26. The van der Waals surface area contributed by atoms with Crippen LogP contribution in [0.2, 0.25) is 0 Å². The highest BCUT2D eigenvalue weighted by Gasteiger charge is 2.11. The van der Waals surface area contributed by atoms with Crippen molar-refractivity contribution in [3.63, 3.8) is 0 Å². The van der Waals surface area contributed by atoms with E-state index in [0.717, 1.165) is 23.4 Å². The number of hydrogen-bond acceptors (Lipinski definition) is 3. The molecule has 4 heteroatoms. The van der Waals surface area contributed by atoms with Gasteiger partial charge in [-0.05, 0) is 26.0 Å². The zero-order valence-corrected chi connectivity index (χ0v) is 8.08. The van der Waals surface area contributed by atoms with Crippen LogP contribution in [0.1, 0.15) is 11.3 Å². The molecule has 0 saturated carbocycles. The van der Waals surface area contributed by atoms with Crippen molar-refractivity contribution in [2.45, 2.75) is 13.3 Å². The predicted octanol–water partition coefficient (Wildman–Crippen LogP) is 1.48. The van der Waals surface area contributed by atoms with Crippen LogP contribution < -0.4 is 5.73 Å². The highest BCUT2D eigenvalue weighted by Crippen LogP contribution is 2.23. The van der Waals surface area contributed by atoms with E-state index in [0.29, 0.717) is 6.54 Å². The van der Waals surface area contributed by atoms with Crippen molar-refractivity contribution >= 4 is 0 Å². The molecule has 0 fully saturated rings. The van der Waals surface area contributed by atoms with Crippen LogP contribution in [0.5, 0.6) is 0 Å². The molecule has 0 saturated heterocycles. The van der Waals surface area contributed by atoms with Crippen molar-refractivity contribution in [2.24, 2.45) is 5.73 Å². The van der Waals surface area contributed by atoms with E-state index in [1.807, 2.05) is 13.0 Å². The second-order valence-electron chi connectivity index (χ2n) is 3.23. The second-order valence-corrected chi connectivity index (χ2v) is 3.23. The summed E-state index contributed by atoms with van der Waals surface area (Å²) < 4.78 is 5.03. The van der Waals surface area contributed by atoms with Gasteiger partial charge in [0.05, 0.1) is 18.2 Å². The van der Waals surface area contributed by atoms with E-state index in [2.05, 4.69) is 10.2 Å². The minimum absolute atomic E-state index is 0.630. The Kier molecular flexibility index (Phi) is 2.37. The number of H-pyrrole nitrogens is 1. The minimum atomic E-state index is 0.630. The summed E-state index contributed by atoms with van der Waals surface area (Å²) in [5.74, 6) is 0. The summed E-state index contributed by atoms with van der Waals surface area (Å²) in [4.78, 5) is 0. The van der Waals surface area contributed by atoms with Gasteiger partial charge in [-0.25, -0.2) is 0 Å². The van der Waals surface area contributed by atoms with Gasteiger partial charge in [0.2, 0.25) is 0 Å². The Morgan fingerprint density at radius 3 is 3.07 bits per heavy atom. The molecule has 0 aromatic carbocycles. The summed E-state index contributed by atoms with van der Waals surface area (Å²) in [7, 11) is 0. The Bertz CT molecular complexity index is 403. The Balaban J connectivity index is 2.43. The molecule has 0 aliphatic rings. The number of rotatable bonds is 3. The van der Waals surface area contributed by atoms with Gasteiger partial charge < -0.3 is 10.2 Å². The largest absolute Gasteiger partial charge is 0.472 e. The highest BCUT2D eigenvalue weighted by atomic mass is 16.3. The van der Waals surface area contributed by atoms with Crippen molar-refractivity contribution < 1.29 is 4.42 Å². The minimum Gasteiger partial charge on any atom is -0.472 e. The van der Waals surface area contributed by atoms with E-state index in [9.17, 15) is 0 Å². The van der Waals surface area contributed by atoms with E-state index in [4.69, 9.17) is 10.2 Å². The molecule has 3 N–H and O–H groups in total. The standard InChI is InChI=1S/C10H13N3O/c1-7-9(2-4-11)10(13-12-7)8-3-5-14-6-8/h3,5-6H,2,4,11H2,1H3,(H,12,13). The average Bonchev–Trinajstić information content (AvgIpc) is 2.77. The van der Waals surface area contributed by atoms with E-state index < -0.39 is 0 Å². The third-order valence-corrected chi connectivity index (χ3v) is 2.26. The van der Waals surface area contributed by atoms with Crippen molar-refractivity contribution in [3.05, 3.63) is 29.9 Å². The Hall–Kier alpha value is -1.55. The molecule has 2 aromatic heterocycles. The maximum atomic E-state index is 5.55. The number of nitrogens with one attached hydrogen (secondary N) is 1. The summed E-state index contributed by atoms with van der Waals surface area (Å²) >= 11 is 0. The van der Waals surface area contributed by atoms with Gasteiger partial charge in [-0.15, -0.1) is 0 Å². The fourth-order valence-electron chi connectivity index (χ4n) is 1.54. The first-order valence-corrected chi connectivity index (χ1v) is 4.59. The molecular formula is C10H13N3O. The van der Waals surface area contributed by atoms with Crippen LogP contribution in [-0.4, -0.2) is 16.7 Å². The maximum absolute atomic E-state index is 5.55. The lowest BCUT2D eigenvalue weighted by molar-refractivity contribution is 0.568. The zero-order chi connectivity index (χ0) is 9.97. The van der Waals surface area contributed by atoms with Crippen LogP contribution in [0.3, 0.4) is 0 Å². The van der Waals surface area contributed by atoms with Crippen LogP contribution in [0, 0.1) is 6.92 Å². The highest BCUT2D eigenvalue weighted by molar-refractivity contribution is 5.62. The molecule has 0 aliphatic carbocycles. The van der Waals surface area contributed by atoms with E-state index in [1.165, 1.54) is 5.56 Å². The normalized spacial score (nSPS) is 10.7. The SMILES string of the molecule is Cc1[nH]nc(-c2ccoc2)c1CCN. The number of nitrogens with two attached hydrogens (primary N) is 1.